The zero-order valence-electron chi connectivity index (χ0n) is 25.1. The van der Waals surface area contributed by atoms with E-state index in [-0.39, 0.29) is 0 Å². The zero-order valence-corrected chi connectivity index (χ0v) is 25.1. The fourth-order valence-electron chi connectivity index (χ4n) is 1.79. The molecule has 0 aliphatic heterocycles. The largest absolute Gasteiger partial charge is 0.412 e. The van der Waals surface area contributed by atoms with Crippen molar-refractivity contribution in [2.24, 2.45) is 21.7 Å². The highest BCUT2D eigenvalue weighted by Gasteiger charge is 2.41. The van der Waals surface area contributed by atoms with Crippen LogP contribution in [0.15, 0.2) is 0 Å². The van der Waals surface area contributed by atoms with Crippen molar-refractivity contribution in [1.29, 1.82) is 0 Å². The van der Waals surface area contributed by atoms with E-state index >= 15 is 0 Å². The predicted molar refractivity (Wildman–Crippen MR) is 134 cm³/mol. The van der Waals surface area contributed by atoms with Crippen LogP contribution < -0.4 is 0 Å². The van der Waals surface area contributed by atoms with Crippen molar-refractivity contribution in [3.63, 3.8) is 0 Å². The van der Waals surface area contributed by atoms with Crippen LogP contribution in [-0.4, -0.2) is 71.2 Å². The van der Waals surface area contributed by atoms with Crippen LogP contribution in [0.1, 0.15) is 83.1 Å². The number of esters is 6. The molecule has 2 N–H and O–H groups in total. The van der Waals surface area contributed by atoms with Gasteiger partial charge in [0, 0.05) is 0 Å². The maximum atomic E-state index is 12.5. The van der Waals surface area contributed by atoms with Crippen molar-refractivity contribution < 1.29 is 67.4 Å². The second-order valence-electron chi connectivity index (χ2n) is 13.0. The van der Waals surface area contributed by atoms with Gasteiger partial charge >= 0.3 is 48.8 Å². The Morgan fingerprint density at radius 1 is 0.400 bits per heavy atom. The Balaban J connectivity index is 5.75. The molecule has 2 unspecified atom stereocenters. The van der Waals surface area contributed by atoms with Crippen LogP contribution in [0.3, 0.4) is 0 Å². The second kappa shape index (κ2) is 13.4. The number of ether oxygens (including phenoxy) is 6. The summed E-state index contributed by atoms with van der Waals surface area (Å²) < 4.78 is 29.1. The van der Waals surface area contributed by atoms with E-state index in [2.05, 4.69) is 0 Å². The van der Waals surface area contributed by atoms with E-state index in [1.165, 1.54) is 83.1 Å². The maximum absolute atomic E-state index is 12.5. The molecule has 0 aliphatic carbocycles. The molecular weight excluding hydrogens is 536 g/mol. The Bertz CT molecular complexity index is 822. The number of rotatable bonds is 9. The Morgan fingerprint density at radius 3 is 0.725 bits per heavy atom. The summed E-state index contributed by atoms with van der Waals surface area (Å²) in [6, 6.07) is 0. The van der Waals surface area contributed by atoms with Crippen molar-refractivity contribution in [1.82, 2.24) is 0 Å². The lowest BCUT2D eigenvalue weighted by molar-refractivity contribution is -0.276. The molecule has 0 bridgehead atoms. The SMILES string of the molecule is CC(C)(C)C(=O)OC(OC(=O)C(O)C(O)C(=O)OC(OC(=O)C(C)(C)C)OC(=O)C(C)(C)C)OC(=O)C(C)(C)C. The minimum atomic E-state index is -2.67. The van der Waals surface area contributed by atoms with E-state index in [4.69, 9.17) is 28.4 Å². The summed E-state index contributed by atoms with van der Waals surface area (Å²) >= 11 is 0. The normalized spacial score (nSPS) is 14.1. The van der Waals surface area contributed by atoms with E-state index in [0.29, 0.717) is 0 Å². The first-order valence-electron chi connectivity index (χ1n) is 12.3. The highest BCUT2D eigenvalue weighted by atomic mass is 16.9. The molecule has 0 aromatic heterocycles. The van der Waals surface area contributed by atoms with Gasteiger partial charge in [-0.05, 0) is 83.1 Å². The number of aliphatic hydroxyl groups excluding tert-OH is 2. The predicted octanol–water partition coefficient (Wildman–Crippen LogP) is 1.72. The van der Waals surface area contributed by atoms with Crippen LogP contribution in [0.5, 0.6) is 0 Å². The summed E-state index contributed by atoms with van der Waals surface area (Å²) in [5.41, 5.74) is -4.48. The Kier molecular flexibility index (Phi) is 12.3. The van der Waals surface area contributed by atoms with Gasteiger partial charge in [0.1, 0.15) is 0 Å². The number of carbonyl (C=O) groups is 6. The third kappa shape index (κ3) is 12.3. The molecule has 0 aromatic rings. The van der Waals surface area contributed by atoms with Crippen LogP contribution in [-0.2, 0) is 57.2 Å². The van der Waals surface area contributed by atoms with Crippen LogP contribution in [0.4, 0.5) is 0 Å². The molecule has 0 aromatic carbocycles. The molecule has 0 amide bonds. The molecule has 14 heteroatoms. The maximum Gasteiger partial charge on any atom is 0.412 e. The van der Waals surface area contributed by atoms with Gasteiger partial charge in [-0.15, -0.1) is 0 Å². The number of carbonyl (C=O) groups excluding carboxylic acids is 6. The summed E-state index contributed by atoms with van der Waals surface area (Å²) in [5, 5.41) is 20.4. The van der Waals surface area contributed by atoms with E-state index in [9.17, 15) is 39.0 Å². The van der Waals surface area contributed by atoms with Crippen molar-refractivity contribution in [2.45, 2.75) is 108 Å². The molecule has 0 aliphatic rings. The van der Waals surface area contributed by atoms with Crippen molar-refractivity contribution >= 4 is 35.8 Å². The highest BCUT2D eigenvalue weighted by Crippen LogP contribution is 2.23. The fourth-order valence-corrected chi connectivity index (χ4v) is 1.79. The molecule has 0 saturated carbocycles. The summed E-state index contributed by atoms with van der Waals surface area (Å²) in [5.74, 6) is -7.33. The molecule has 14 nitrogen and oxygen atoms in total. The van der Waals surface area contributed by atoms with Crippen LogP contribution in [0, 0.1) is 21.7 Å². The van der Waals surface area contributed by atoms with Gasteiger partial charge < -0.3 is 38.6 Å². The van der Waals surface area contributed by atoms with Crippen molar-refractivity contribution in [3.8, 4) is 0 Å². The number of hydrogen-bond acceptors (Lipinski definition) is 14. The van der Waals surface area contributed by atoms with Gasteiger partial charge in [-0.2, -0.15) is 0 Å². The lowest BCUT2D eigenvalue weighted by Crippen LogP contribution is -2.46. The van der Waals surface area contributed by atoms with E-state index in [0.717, 1.165) is 0 Å². The average molecular weight is 579 g/mol. The Labute approximate surface area is 233 Å². The lowest BCUT2D eigenvalue weighted by atomic mass is 9.97. The molecular formula is C26H42O14. The first kappa shape index (κ1) is 36.7. The topological polar surface area (TPSA) is 198 Å². The lowest BCUT2D eigenvalue weighted by Gasteiger charge is -2.27. The average Bonchev–Trinajstić information content (AvgIpc) is 2.74. The van der Waals surface area contributed by atoms with Crippen LogP contribution in [0.25, 0.3) is 0 Å². The third-order valence-corrected chi connectivity index (χ3v) is 4.47. The number of hydrogen-bond donors (Lipinski definition) is 2. The minimum absolute atomic E-state index is 0.953. The summed E-state index contributed by atoms with van der Waals surface area (Å²) in [6.07, 6.45) is -5.34. The molecule has 0 spiro atoms. The standard InChI is InChI=1S/C26H42O14/c1-23(2,3)17(31)37-21(38-18(32)24(4,5)6)35-15(29)13(27)14(28)16(30)36-22(39-19(33)25(7,8)9)40-20(34)26(10,11)12/h13-14,21-22,27-28H,1-12H3. The van der Waals surface area contributed by atoms with Gasteiger partial charge in [0.15, 0.2) is 12.2 Å². The quantitative estimate of drug-likeness (QED) is 0.296. The minimum Gasteiger partial charge on any atom is -0.390 e. The molecule has 0 fully saturated rings. The first-order chi connectivity index (χ1) is 17.7. The Hall–Kier alpha value is -3.26. The molecule has 0 radical (unpaired) electrons. The number of aliphatic hydroxyl groups is 2. The monoisotopic (exact) mass is 578 g/mol. The summed E-state index contributed by atoms with van der Waals surface area (Å²) in [4.78, 5) is 74.0. The molecule has 0 rings (SSSR count). The van der Waals surface area contributed by atoms with Crippen LogP contribution >= 0.6 is 0 Å². The summed E-state index contributed by atoms with van der Waals surface area (Å²) in [6.45, 7) is 13.0. The van der Waals surface area contributed by atoms with Gasteiger partial charge in [-0.1, -0.05) is 0 Å². The van der Waals surface area contributed by atoms with Crippen LogP contribution in [0.2, 0.25) is 0 Å². The fraction of sp³-hybridized carbons (Fsp3) is 0.769. The zero-order chi connectivity index (χ0) is 32.0. The molecule has 230 valence electrons. The Morgan fingerprint density at radius 2 is 0.575 bits per heavy atom. The van der Waals surface area contributed by atoms with E-state index in [1.807, 2.05) is 0 Å². The van der Waals surface area contributed by atoms with Gasteiger partial charge in [0.05, 0.1) is 21.7 Å². The van der Waals surface area contributed by atoms with Gasteiger partial charge in [0.2, 0.25) is 0 Å². The first-order valence-corrected chi connectivity index (χ1v) is 12.3. The van der Waals surface area contributed by atoms with Crippen molar-refractivity contribution in [2.75, 3.05) is 0 Å². The third-order valence-electron chi connectivity index (χ3n) is 4.47. The van der Waals surface area contributed by atoms with E-state index in [1.54, 1.807) is 0 Å². The summed E-state index contributed by atoms with van der Waals surface area (Å²) in [7, 11) is 0. The van der Waals surface area contributed by atoms with Gasteiger partial charge in [0.25, 0.3) is 0 Å². The van der Waals surface area contributed by atoms with E-state index < -0.39 is 82.6 Å². The van der Waals surface area contributed by atoms with Gasteiger partial charge in [-0.25, -0.2) is 9.59 Å². The van der Waals surface area contributed by atoms with Gasteiger partial charge in [-0.3, -0.25) is 19.2 Å². The van der Waals surface area contributed by atoms with Crippen molar-refractivity contribution in [3.05, 3.63) is 0 Å². The second-order valence-corrected chi connectivity index (χ2v) is 13.0. The molecule has 0 heterocycles. The molecule has 2 atom stereocenters. The molecule has 0 saturated heterocycles. The molecule has 40 heavy (non-hydrogen) atoms. The highest BCUT2D eigenvalue weighted by molar-refractivity contribution is 5.86. The smallest absolute Gasteiger partial charge is 0.390 e.